The van der Waals surface area contributed by atoms with Gasteiger partial charge in [0.05, 0.1) is 22.3 Å². The molecule has 0 aliphatic carbocycles. The Hall–Kier alpha value is -1.83. The molecule has 0 amide bonds. The predicted molar refractivity (Wildman–Crippen MR) is 111 cm³/mol. The SMILES string of the molecule is CCOC(=O)c1c(C[NH2+]c2ccccc2Br)[nH]c(C(=O)OC(C)(C)C)c1CC.[Cl-]. The van der Waals surface area contributed by atoms with Gasteiger partial charge in [0.1, 0.15) is 23.5 Å². The second-order valence-electron chi connectivity index (χ2n) is 7.34. The van der Waals surface area contributed by atoms with Gasteiger partial charge in [-0.3, -0.25) is 0 Å². The normalized spacial score (nSPS) is 11.0. The fourth-order valence-electron chi connectivity index (χ4n) is 2.91. The molecule has 0 unspecified atom stereocenters. The minimum absolute atomic E-state index is 0. The first-order valence-corrected chi connectivity index (χ1v) is 10.2. The van der Waals surface area contributed by atoms with Gasteiger partial charge in [-0.1, -0.05) is 19.1 Å². The molecule has 0 aliphatic rings. The molecule has 0 atom stereocenters. The van der Waals surface area contributed by atoms with E-state index < -0.39 is 17.5 Å². The van der Waals surface area contributed by atoms with Crippen LogP contribution in [-0.2, 0) is 22.4 Å². The maximum absolute atomic E-state index is 12.7. The first-order valence-electron chi connectivity index (χ1n) is 9.39. The number of aromatic nitrogens is 1. The van der Waals surface area contributed by atoms with E-state index in [0.717, 1.165) is 10.2 Å². The Morgan fingerprint density at radius 1 is 1.14 bits per heavy atom. The van der Waals surface area contributed by atoms with Gasteiger partial charge < -0.3 is 32.2 Å². The van der Waals surface area contributed by atoms with Crippen LogP contribution in [0.3, 0.4) is 0 Å². The second kappa shape index (κ2) is 10.8. The smallest absolute Gasteiger partial charge is 0.355 e. The highest BCUT2D eigenvalue weighted by molar-refractivity contribution is 9.10. The van der Waals surface area contributed by atoms with Crippen molar-refractivity contribution in [1.29, 1.82) is 0 Å². The number of halogens is 2. The van der Waals surface area contributed by atoms with Crippen molar-refractivity contribution in [3.63, 3.8) is 0 Å². The monoisotopic (exact) mass is 486 g/mol. The maximum Gasteiger partial charge on any atom is 0.355 e. The lowest BCUT2D eigenvalue weighted by Gasteiger charge is -2.19. The van der Waals surface area contributed by atoms with E-state index in [1.165, 1.54) is 0 Å². The van der Waals surface area contributed by atoms with Crippen LogP contribution in [0.4, 0.5) is 5.69 Å². The zero-order valence-electron chi connectivity index (χ0n) is 17.4. The number of nitrogens with two attached hydrogens (primary N) is 1. The van der Waals surface area contributed by atoms with E-state index in [0.29, 0.717) is 35.5 Å². The van der Waals surface area contributed by atoms with Crippen LogP contribution in [0.15, 0.2) is 28.7 Å². The number of nitrogens with one attached hydrogen (secondary N) is 1. The van der Waals surface area contributed by atoms with Crippen molar-refractivity contribution in [2.45, 2.75) is 53.2 Å². The average molecular weight is 488 g/mol. The van der Waals surface area contributed by atoms with E-state index in [1.54, 1.807) is 6.92 Å². The minimum atomic E-state index is -0.627. The van der Waals surface area contributed by atoms with Gasteiger partial charge in [-0.05, 0) is 61.7 Å². The maximum atomic E-state index is 12.7. The van der Waals surface area contributed by atoms with E-state index in [-0.39, 0.29) is 19.0 Å². The van der Waals surface area contributed by atoms with Gasteiger partial charge in [0, 0.05) is 6.07 Å². The summed E-state index contributed by atoms with van der Waals surface area (Å²) in [7, 11) is 0. The molecular formula is C21H28BrClN2O4. The second-order valence-corrected chi connectivity index (χ2v) is 8.19. The molecule has 2 aromatic rings. The largest absolute Gasteiger partial charge is 1.00 e. The fraction of sp³-hybridized carbons (Fsp3) is 0.429. The number of esters is 2. The van der Waals surface area contributed by atoms with Crippen LogP contribution in [0.25, 0.3) is 0 Å². The number of para-hydroxylation sites is 1. The van der Waals surface area contributed by atoms with Crippen LogP contribution in [0.2, 0.25) is 0 Å². The van der Waals surface area contributed by atoms with Crippen molar-refractivity contribution in [1.82, 2.24) is 4.98 Å². The number of carbonyl (C=O) groups is 2. The summed E-state index contributed by atoms with van der Waals surface area (Å²) in [5.74, 6) is -0.900. The predicted octanol–water partition coefficient (Wildman–Crippen LogP) is 0.871. The molecule has 0 saturated carbocycles. The highest BCUT2D eigenvalue weighted by Crippen LogP contribution is 2.24. The molecule has 160 valence electrons. The summed E-state index contributed by atoms with van der Waals surface area (Å²) >= 11 is 3.52. The third-order valence-electron chi connectivity index (χ3n) is 4.05. The number of rotatable bonds is 7. The molecule has 1 aromatic heterocycles. The van der Waals surface area contributed by atoms with E-state index in [2.05, 4.69) is 20.9 Å². The number of hydrogen-bond acceptors (Lipinski definition) is 4. The highest BCUT2D eigenvalue weighted by Gasteiger charge is 2.29. The Morgan fingerprint density at radius 3 is 2.34 bits per heavy atom. The van der Waals surface area contributed by atoms with Gasteiger partial charge in [-0.25, -0.2) is 9.59 Å². The van der Waals surface area contributed by atoms with E-state index in [4.69, 9.17) is 9.47 Å². The number of aromatic amines is 1. The van der Waals surface area contributed by atoms with Crippen molar-refractivity contribution < 1.29 is 36.8 Å². The molecule has 2 rings (SSSR count). The third kappa shape index (κ3) is 6.59. The number of ether oxygens (including phenoxy) is 2. The summed E-state index contributed by atoms with van der Waals surface area (Å²) < 4.78 is 11.7. The van der Waals surface area contributed by atoms with Crippen LogP contribution < -0.4 is 17.7 Å². The highest BCUT2D eigenvalue weighted by atomic mass is 79.9. The van der Waals surface area contributed by atoms with Crippen LogP contribution >= 0.6 is 15.9 Å². The molecular weight excluding hydrogens is 460 g/mol. The molecule has 0 spiro atoms. The van der Waals surface area contributed by atoms with Gasteiger partial charge in [0.2, 0.25) is 0 Å². The quantitative estimate of drug-likeness (QED) is 0.448. The Kier molecular flexibility index (Phi) is 9.39. The molecule has 0 fully saturated rings. The van der Waals surface area contributed by atoms with Crippen LogP contribution in [0.5, 0.6) is 0 Å². The Labute approximate surface area is 186 Å². The molecule has 0 aliphatic heterocycles. The zero-order chi connectivity index (χ0) is 20.9. The molecule has 0 saturated heterocycles. The van der Waals surface area contributed by atoms with Crippen molar-refractivity contribution in [2.75, 3.05) is 6.61 Å². The summed E-state index contributed by atoms with van der Waals surface area (Å²) in [5, 5.41) is 2.00. The van der Waals surface area contributed by atoms with Gasteiger partial charge in [0.25, 0.3) is 0 Å². The van der Waals surface area contributed by atoms with Crippen LogP contribution in [-0.4, -0.2) is 29.1 Å². The van der Waals surface area contributed by atoms with Crippen molar-refractivity contribution in [3.8, 4) is 0 Å². The van der Waals surface area contributed by atoms with E-state index in [1.807, 2.05) is 57.3 Å². The van der Waals surface area contributed by atoms with Crippen LogP contribution in [0, 0.1) is 0 Å². The number of quaternary nitrogens is 1. The third-order valence-corrected chi connectivity index (χ3v) is 4.77. The zero-order valence-corrected chi connectivity index (χ0v) is 19.7. The standard InChI is InChI=1S/C21H27BrN2O4.ClH/c1-6-13-17(19(25)27-7-2)16(12-23-15-11-9-8-10-14(15)22)24-18(13)20(26)28-21(3,4)5;/h8-11,23-24H,6-7,12H2,1-5H3;1H. The Morgan fingerprint density at radius 2 is 1.79 bits per heavy atom. The first-order chi connectivity index (χ1) is 13.2. The number of benzene rings is 1. The summed E-state index contributed by atoms with van der Waals surface area (Å²) in [5.41, 5.74) is 2.39. The van der Waals surface area contributed by atoms with E-state index >= 15 is 0 Å². The van der Waals surface area contributed by atoms with Gasteiger partial charge in [-0.2, -0.15) is 0 Å². The summed E-state index contributed by atoms with van der Waals surface area (Å²) in [6.07, 6.45) is 0.508. The van der Waals surface area contributed by atoms with Gasteiger partial charge >= 0.3 is 11.9 Å². The molecule has 8 heteroatoms. The van der Waals surface area contributed by atoms with Crippen molar-refractivity contribution in [2.24, 2.45) is 0 Å². The Balaban J connectivity index is 0.00000420. The molecule has 29 heavy (non-hydrogen) atoms. The lowest BCUT2D eigenvalue weighted by molar-refractivity contribution is -0.589. The summed E-state index contributed by atoms with van der Waals surface area (Å²) in [6.45, 7) is 9.82. The fourth-order valence-corrected chi connectivity index (χ4v) is 3.35. The minimum Gasteiger partial charge on any atom is -1.00 e. The summed E-state index contributed by atoms with van der Waals surface area (Å²) in [6, 6.07) is 7.82. The average Bonchev–Trinajstić information content (AvgIpc) is 2.98. The topological polar surface area (TPSA) is 85.0 Å². The Bertz CT molecular complexity index is 859. The number of hydrogen-bond donors (Lipinski definition) is 2. The molecule has 3 N–H and O–H groups in total. The lowest BCUT2D eigenvalue weighted by atomic mass is 10.1. The lowest BCUT2D eigenvalue weighted by Crippen LogP contribution is -3.00. The van der Waals surface area contributed by atoms with Crippen molar-refractivity contribution in [3.05, 3.63) is 51.3 Å². The van der Waals surface area contributed by atoms with Crippen LogP contribution in [0.1, 0.15) is 66.7 Å². The molecule has 1 aromatic carbocycles. The molecule has 0 bridgehead atoms. The number of H-pyrrole nitrogens is 1. The molecule has 1 heterocycles. The van der Waals surface area contributed by atoms with E-state index in [9.17, 15) is 9.59 Å². The van der Waals surface area contributed by atoms with Gasteiger partial charge in [0.15, 0.2) is 0 Å². The van der Waals surface area contributed by atoms with Crippen molar-refractivity contribution >= 4 is 33.6 Å². The first kappa shape index (κ1) is 25.2. The molecule has 0 radical (unpaired) electrons. The number of carbonyl (C=O) groups excluding carboxylic acids is 2. The summed E-state index contributed by atoms with van der Waals surface area (Å²) in [4.78, 5) is 28.4. The molecule has 6 nitrogen and oxygen atoms in total. The van der Waals surface area contributed by atoms with Gasteiger partial charge in [-0.15, -0.1) is 0 Å².